The molecule has 4 aliphatic rings. The van der Waals surface area contributed by atoms with Crippen molar-refractivity contribution in [3.05, 3.63) is 275 Å². The summed E-state index contributed by atoms with van der Waals surface area (Å²) in [4.78, 5) is 5.18. The maximum Gasteiger partial charge on any atom is 0.333 e. The highest BCUT2D eigenvalue weighted by Gasteiger charge is 2.47. The van der Waals surface area contributed by atoms with E-state index in [1.165, 1.54) is 189 Å². The first-order valence-corrected chi connectivity index (χ1v) is 31.2. The molecule has 14 aromatic rings. The van der Waals surface area contributed by atoms with Crippen molar-refractivity contribution in [2.75, 3.05) is 9.80 Å². The molecule has 6 heterocycles. The molecule has 0 amide bonds. The summed E-state index contributed by atoms with van der Waals surface area (Å²) < 4.78 is 5.60. The zero-order chi connectivity index (χ0) is 59.1. The molecule has 4 aliphatic heterocycles. The van der Waals surface area contributed by atoms with Crippen LogP contribution in [-0.4, -0.2) is 22.7 Å². The molecule has 2 aromatic heterocycles. The number of anilines is 6. The topological polar surface area (TPSA) is 16.3 Å². The highest BCUT2D eigenvalue weighted by molar-refractivity contribution is 6.92. The normalized spacial score (nSPS) is 13.1. The number of nitrogens with zero attached hydrogens (tertiary/aromatic N) is 4. The predicted molar refractivity (Wildman–Crippen MR) is 376 cm³/mol. The molecule has 0 spiro atoms. The Morgan fingerprint density at radius 2 is 0.557 bits per heavy atom. The zero-order valence-electron chi connectivity index (χ0n) is 50.9. The van der Waals surface area contributed by atoms with Crippen LogP contribution in [0.4, 0.5) is 34.1 Å². The summed E-state index contributed by atoms with van der Waals surface area (Å²) in [6.45, 7) is 17.7. The number of para-hydroxylation sites is 2. The van der Waals surface area contributed by atoms with Crippen molar-refractivity contribution >= 4 is 103 Å². The van der Waals surface area contributed by atoms with Gasteiger partial charge in [0.25, 0.3) is 0 Å². The molecule has 416 valence electrons. The minimum Gasteiger partial charge on any atom is -0.374 e. The summed E-state index contributed by atoms with van der Waals surface area (Å²) in [5.74, 6) is 0. The van der Waals surface area contributed by atoms with Crippen molar-refractivity contribution in [1.29, 1.82) is 0 Å². The van der Waals surface area contributed by atoms with Crippen LogP contribution in [0.25, 0.3) is 99.6 Å². The molecule has 0 saturated carbocycles. The second-order valence-corrected chi connectivity index (χ2v) is 25.5. The Balaban J connectivity index is 0.920. The lowest BCUT2D eigenvalue weighted by atomic mass is 9.45. The highest BCUT2D eigenvalue weighted by Crippen LogP contribution is 2.52. The van der Waals surface area contributed by atoms with E-state index in [-0.39, 0.29) is 13.7 Å². The second-order valence-electron chi connectivity index (χ2n) is 25.5. The highest BCUT2D eigenvalue weighted by atomic mass is 15.2. The van der Waals surface area contributed by atoms with Crippen molar-refractivity contribution < 1.29 is 0 Å². The molecule has 12 aromatic carbocycles. The smallest absolute Gasteiger partial charge is 0.333 e. The first-order valence-electron chi connectivity index (χ1n) is 31.2. The molecule has 6 heteroatoms. The van der Waals surface area contributed by atoms with Gasteiger partial charge in [0.15, 0.2) is 0 Å². The van der Waals surface area contributed by atoms with E-state index in [2.05, 4.69) is 305 Å². The van der Waals surface area contributed by atoms with Crippen molar-refractivity contribution in [3.8, 4) is 66.8 Å². The number of benzene rings is 12. The molecule has 0 N–H and O–H groups in total. The molecule has 88 heavy (non-hydrogen) atoms. The Morgan fingerprint density at radius 1 is 0.250 bits per heavy atom. The average Bonchev–Trinajstić information content (AvgIpc) is 1.33. The fourth-order valence-electron chi connectivity index (χ4n) is 17.0. The summed E-state index contributed by atoms with van der Waals surface area (Å²) in [7, 11) is 0. The van der Waals surface area contributed by atoms with Crippen LogP contribution in [-0.2, 0) is 0 Å². The number of hydrogen-bond acceptors (Lipinski definition) is 2. The molecule has 0 atom stereocenters. The van der Waals surface area contributed by atoms with Crippen LogP contribution in [0, 0.1) is 55.4 Å². The largest absolute Gasteiger partial charge is 0.374 e. The number of aromatic nitrogens is 2. The number of fused-ring (bicyclic) bond motifs is 13. The lowest BCUT2D eigenvalue weighted by Gasteiger charge is -2.41. The van der Waals surface area contributed by atoms with Crippen LogP contribution in [0.5, 0.6) is 0 Å². The quantitative estimate of drug-likeness (QED) is 0.154. The molecule has 0 bridgehead atoms. The second kappa shape index (κ2) is 18.6. The molecule has 0 saturated heterocycles. The van der Waals surface area contributed by atoms with Gasteiger partial charge in [0, 0.05) is 67.1 Å². The maximum atomic E-state index is 2.80. The van der Waals surface area contributed by atoms with Gasteiger partial charge in [-0.3, -0.25) is 0 Å². The van der Waals surface area contributed by atoms with E-state index in [1.54, 1.807) is 0 Å². The summed E-state index contributed by atoms with van der Waals surface area (Å²) in [5.41, 5.74) is 43.0. The van der Waals surface area contributed by atoms with Gasteiger partial charge in [-0.05, 0) is 226 Å². The Bertz CT molecular complexity index is 5010. The van der Waals surface area contributed by atoms with Gasteiger partial charge in [-0.2, -0.15) is 0 Å². The third-order valence-electron chi connectivity index (χ3n) is 20.5. The SMILES string of the molecule is Cc1cccc(C)c1-c1cccc(N2c3cc(-c4c(C)cccc4C)ccc3B3c4c(cccc42)-c2cccc4c2n3c2c3cccc5c3n(c42)B2c3ccc(-c4c(C)cccc4C)cc3N(c3cccc(-c4c(C)cccc4C)c3)c3cccc-5c32)c1. The molecule has 4 nitrogen and oxygen atoms in total. The van der Waals surface area contributed by atoms with E-state index in [4.69, 9.17) is 0 Å². The Kier molecular flexibility index (Phi) is 10.8. The average molecular weight is 1130 g/mol. The minimum atomic E-state index is -0.138. The zero-order valence-corrected chi connectivity index (χ0v) is 50.9. The van der Waals surface area contributed by atoms with Gasteiger partial charge >= 0.3 is 13.7 Å². The van der Waals surface area contributed by atoms with E-state index < -0.39 is 0 Å². The monoisotopic (exact) mass is 1120 g/mol. The van der Waals surface area contributed by atoms with Crippen molar-refractivity contribution in [2.45, 2.75) is 55.4 Å². The van der Waals surface area contributed by atoms with Crippen LogP contribution in [0.3, 0.4) is 0 Å². The minimum absolute atomic E-state index is 0.138. The summed E-state index contributed by atoms with van der Waals surface area (Å²) in [6.07, 6.45) is 0. The standard InChI is InChI=1S/C82H62B2N4/c1-47-19-9-20-48(2)73(47)55-27-13-29-59(43-55)85-69-37-17-31-61-63-33-15-35-65-79(63)87(83(77(61)69)67-41-39-57(45-71(67)85)75-51(5)23-11-24-52(75)6)81-66-36-16-34-64-62-32-18-38-70-78(62)84(88(80(64)66)82(65)81)68-42-40-58(76-53(7)25-12-26-54(76)8)46-72(68)86(70)60-30-14-28-56(44-60)74-49(3)21-10-22-50(74)4/h9-46H,1-8H3. The van der Waals surface area contributed by atoms with Crippen LogP contribution < -0.4 is 31.7 Å². The first-order chi connectivity index (χ1) is 43.0. The molecule has 0 radical (unpaired) electrons. The van der Waals surface area contributed by atoms with Crippen LogP contribution in [0.1, 0.15) is 44.5 Å². The summed E-state index contributed by atoms with van der Waals surface area (Å²) >= 11 is 0. The van der Waals surface area contributed by atoms with E-state index in [0.29, 0.717) is 0 Å². The van der Waals surface area contributed by atoms with E-state index in [0.717, 1.165) is 11.4 Å². The van der Waals surface area contributed by atoms with Crippen LogP contribution in [0.15, 0.2) is 231 Å². The Hall–Kier alpha value is -10.3. The van der Waals surface area contributed by atoms with Gasteiger partial charge in [0.05, 0.1) is 11.0 Å². The first kappa shape index (κ1) is 51.0. The number of hydrogen-bond donors (Lipinski definition) is 0. The van der Waals surface area contributed by atoms with Crippen molar-refractivity contribution in [2.24, 2.45) is 0 Å². The molecule has 0 fully saturated rings. The Labute approximate surface area is 515 Å². The van der Waals surface area contributed by atoms with Gasteiger partial charge < -0.3 is 18.8 Å². The van der Waals surface area contributed by atoms with E-state index >= 15 is 0 Å². The molecular formula is C82H62B2N4. The van der Waals surface area contributed by atoms with Crippen LogP contribution >= 0.6 is 0 Å². The maximum absolute atomic E-state index is 2.80. The summed E-state index contributed by atoms with van der Waals surface area (Å²) in [6, 6.07) is 88.6. The van der Waals surface area contributed by atoms with Gasteiger partial charge in [-0.1, -0.05) is 182 Å². The third-order valence-corrected chi connectivity index (χ3v) is 20.5. The summed E-state index contributed by atoms with van der Waals surface area (Å²) in [5, 5.41) is 2.56. The van der Waals surface area contributed by atoms with Gasteiger partial charge in [0.2, 0.25) is 0 Å². The van der Waals surface area contributed by atoms with Gasteiger partial charge in [0.1, 0.15) is 0 Å². The number of aryl methyl sites for hydroxylation is 8. The molecule has 0 aliphatic carbocycles. The number of rotatable bonds is 6. The van der Waals surface area contributed by atoms with Gasteiger partial charge in [-0.25, -0.2) is 0 Å². The third kappa shape index (κ3) is 6.89. The lowest BCUT2D eigenvalue weighted by molar-refractivity contribution is 1.25. The molecule has 0 unspecified atom stereocenters. The molecule has 18 rings (SSSR count). The fourth-order valence-corrected chi connectivity index (χ4v) is 17.0. The van der Waals surface area contributed by atoms with E-state index in [1.807, 2.05) is 0 Å². The van der Waals surface area contributed by atoms with E-state index in [9.17, 15) is 0 Å². The van der Waals surface area contributed by atoms with Crippen molar-refractivity contribution in [3.63, 3.8) is 0 Å². The van der Waals surface area contributed by atoms with Gasteiger partial charge in [-0.15, -0.1) is 0 Å². The lowest BCUT2D eigenvalue weighted by Crippen LogP contribution is -2.56. The fraction of sp³-hybridized carbons (Fsp3) is 0.0976. The Morgan fingerprint density at radius 3 is 0.920 bits per heavy atom. The predicted octanol–water partition coefficient (Wildman–Crippen LogP) is 18.7. The van der Waals surface area contributed by atoms with Crippen molar-refractivity contribution in [1.82, 2.24) is 8.96 Å². The molecular weight excluding hydrogens is 1060 g/mol. The van der Waals surface area contributed by atoms with Crippen LogP contribution in [0.2, 0.25) is 0 Å².